The monoisotopic (exact) mass is 413 g/mol. The first-order valence-electron chi connectivity index (χ1n) is 9.39. The molecule has 9 heteroatoms. The normalized spacial score (nSPS) is 17.6. The van der Waals surface area contributed by atoms with Gasteiger partial charge < -0.3 is 9.64 Å². The van der Waals surface area contributed by atoms with Crippen molar-refractivity contribution in [2.75, 3.05) is 32.1 Å². The van der Waals surface area contributed by atoms with E-state index in [9.17, 15) is 8.42 Å². The van der Waals surface area contributed by atoms with E-state index < -0.39 is 10.0 Å². The minimum atomic E-state index is -3.68. The molecule has 0 spiro atoms. The van der Waals surface area contributed by atoms with Crippen molar-refractivity contribution in [3.8, 4) is 5.88 Å². The summed E-state index contributed by atoms with van der Waals surface area (Å²) in [6.45, 7) is 2.51. The highest BCUT2D eigenvalue weighted by atomic mass is 32.2. The summed E-state index contributed by atoms with van der Waals surface area (Å²) in [5.41, 5.74) is 1.28. The van der Waals surface area contributed by atoms with E-state index in [4.69, 9.17) is 4.74 Å². The molecule has 29 heavy (non-hydrogen) atoms. The van der Waals surface area contributed by atoms with E-state index in [0.717, 1.165) is 16.9 Å². The molecular weight excluding hydrogens is 390 g/mol. The van der Waals surface area contributed by atoms with Gasteiger partial charge in [-0.3, -0.25) is 4.98 Å². The average Bonchev–Trinajstić information content (AvgIpc) is 3.17. The highest BCUT2D eigenvalue weighted by molar-refractivity contribution is 7.89. The number of fused-ring (bicyclic) bond motifs is 1. The number of hydrogen-bond acceptors (Lipinski definition) is 7. The van der Waals surface area contributed by atoms with Crippen LogP contribution in [-0.4, -0.2) is 61.2 Å². The Bertz CT molecular complexity index is 1130. The number of aromatic nitrogens is 3. The Kier molecular flexibility index (Phi) is 5.10. The molecule has 152 valence electrons. The molecule has 1 aliphatic heterocycles. The van der Waals surface area contributed by atoms with Crippen LogP contribution in [0.2, 0.25) is 0 Å². The van der Waals surface area contributed by atoms with E-state index in [-0.39, 0.29) is 17.5 Å². The molecule has 0 aliphatic carbocycles. The number of hydrogen-bond donors (Lipinski definition) is 0. The van der Waals surface area contributed by atoms with Gasteiger partial charge in [0.15, 0.2) is 5.82 Å². The van der Waals surface area contributed by atoms with Crippen molar-refractivity contribution in [1.29, 1.82) is 0 Å². The van der Waals surface area contributed by atoms with Crippen molar-refractivity contribution in [3.63, 3.8) is 0 Å². The Labute approximate surface area is 170 Å². The summed E-state index contributed by atoms with van der Waals surface area (Å²) in [5.74, 6) is 1.12. The highest BCUT2D eigenvalue weighted by Crippen LogP contribution is 2.28. The molecule has 1 atom stereocenters. The molecule has 2 aromatic heterocycles. The van der Waals surface area contributed by atoms with Gasteiger partial charge in [0.1, 0.15) is 11.0 Å². The molecule has 0 amide bonds. The van der Waals surface area contributed by atoms with E-state index in [1.54, 1.807) is 18.2 Å². The first-order valence-corrected chi connectivity index (χ1v) is 10.8. The van der Waals surface area contributed by atoms with E-state index in [1.807, 2.05) is 50.2 Å². The molecule has 0 bridgehead atoms. The number of aryl methyl sites for hydroxylation is 1. The Hall–Kier alpha value is -2.78. The molecule has 8 nitrogen and oxygen atoms in total. The van der Waals surface area contributed by atoms with Gasteiger partial charge in [-0.05, 0) is 31.5 Å². The van der Waals surface area contributed by atoms with Gasteiger partial charge in [0, 0.05) is 37.8 Å². The van der Waals surface area contributed by atoms with Gasteiger partial charge in [-0.2, -0.15) is 4.31 Å². The number of pyridine rings is 1. The SMILES string of the molecule is Cc1ccc2cccc(S(=O)(=O)N3CCC(Oc4ccc(N(C)C)nn4)C3)c2n1. The molecule has 0 saturated carbocycles. The molecule has 1 saturated heterocycles. The standard InChI is InChI=1S/C20H23N5O3S/c1-14-7-8-15-5-4-6-17(20(15)21-14)29(26,27)25-12-11-16(13-25)28-19-10-9-18(22-23-19)24(2)3/h4-10,16H,11-13H2,1-3H3. The van der Waals surface area contributed by atoms with Crippen LogP contribution >= 0.6 is 0 Å². The lowest BCUT2D eigenvalue weighted by atomic mass is 10.2. The van der Waals surface area contributed by atoms with Crippen LogP contribution in [0.5, 0.6) is 5.88 Å². The van der Waals surface area contributed by atoms with Gasteiger partial charge in [-0.15, -0.1) is 10.2 Å². The second-order valence-electron chi connectivity index (χ2n) is 7.30. The molecule has 0 radical (unpaired) electrons. The maximum absolute atomic E-state index is 13.3. The van der Waals surface area contributed by atoms with Crippen LogP contribution in [0.1, 0.15) is 12.1 Å². The van der Waals surface area contributed by atoms with Crippen LogP contribution in [0.25, 0.3) is 10.9 Å². The van der Waals surface area contributed by atoms with Crippen LogP contribution < -0.4 is 9.64 Å². The number of ether oxygens (including phenoxy) is 1. The number of sulfonamides is 1. The zero-order chi connectivity index (χ0) is 20.6. The van der Waals surface area contributed by atoms with Crippen LogP contribution in [0.3, 0.4) is 0 Å². The highest BCUT2D eigenvalue weighted by Gasteiger charge is 2.35. The van der Waals surface area contributed by atoms with Crippen molar-refractivity contribution in [2.24, 2.45) is 0 Å². The molecule has 1 aliphatic rings. The summed E-state index contributed by atoms with van der Waals surface area (Å²) in [6.07, 6.45) is 0.321. The summed E-state index contributed by atoms with van der Waals surface area (Å²) < 4.78 is 33.9. The maximum atomic E-state index is 13.3. The van der Waals surface area contributed by atoms with E-state index in [1.165, 1.54) is 4.31 Å². The lowest BCUT2D eigenvalue weighted by Crippen LogP contribution is -2.31. The number of nitrogens with zero attached hydrogens (tertiary/aromatic N) is 5. The lowest BCUT2D eigenvalue weighted by molar-refractivity contribution is 0.205. The first-order chi connectivity index (χ1) is 13.8. The van der Waals surface area contributed by atoms with Crippen molar-refractivity contribution < 1.29 is 13.2 Å². The maximum Gasteiger partial charge on any atom is 0.245 e. The summed E-state index contributed by atoms with van der Waals surface area (Å²) in [4.78, 5) is 6.54. The third-order valence-electron chi connectivity index (χ3n) is 4.92. The Morgan fingerprint density at radius 1 is 1.10 bits per heavy atom. The Balaban J connectivity index is 1.53. The molecule has 4 rings (SSSR count). The fourth-order valence-electron chi connectivity index (χ4n) is 3.36. The quantitative estimate of drug-likeness (QED) is 0.634. The predicted molar refractivity (Wildman–Crippen MR) is 111 cm³/mol. The van der Waals surface area contributed by atoms with Crippen molar-refractivity contribution in [3.05, 3.63) is 48.2 Å². The smallest absolute Gasteiger partial charge is 0.245 e. The number of para-hydroxylation sites is 1. The zero-order valence-corrected chi connectivity index (χ0v) is 17.4. The third kappa shape index (κ3) is 3.88. The second-order valence-corrected chi connectivity index (χ2v) is 9.20. The molecule has 1 unspecified atom stereocenters. The van der Waals surface area contributed by atoms with Gasteiger partial charge >= 0.3 is 0 Å². The van der Waals surface area contributed by atoms with Crippen molar-refractivity contribution in [1.82, 2.24) is 19.5 Å². The number of anilines is 1. The van der Waals surface area contributed by atoms with Crippen LogP contribution in [0.15, 0.2) is 47.4 Å². The minimum absolute atomic E-state index is 0.231. The molecule has 3 heterocycles. The Morgan fingerprint density at radius 2 is 1.93 bits per heavy atom. The van der Waals surface area contributed by atoms with Gasteiger partial charge in [0.25, 0.3) is 0 Å². The van der Waals surface area contributed by atoms with Crippen LogP contribution in [0, 0.1) is 6.92 Å². The molecule has 0 N–H and O–H groups in total. The summed E-state index contributed by atoms with van der Waals surface area (Å²) in [5, 5.41) is 8.96. The Morgan fingerprint density at radius 3 is 2.66 bits per heavy atom. The molecule has 1 aromatic carbocycles. The lowest BCUT2D eigenvalue weighted by Gasteiger charge is -2.18. The summed E-state index contributed by atoms with van der Waals surface area (Å²) in [7, 11) is 0.0886. The fraction of sp³-hybridized carbons (Fsp3) is 0.350. The fourth-order valence-corrected chi connectivity index (χ4v) is 5.01. The number of benzene rings is 1. The van der Waals surface area contributed by atoms with E-state index >= 15 is 0 Å². The third-order valence-corrected chi connectivity index (χ3v) is 6.82. The van der Waals surface area contributed by atoms with E-state index in [2.05, 4.69) is 15.2 Å². The summed E-state index contributed by atoms with van der Waals surface area (Å²) >= 11 is 0. The second kappa shape index (κ2) is 7.57. The van der Waals surface area contributed by atoms with Crippen LogP contribution in [-0.2, 0) is 10.0 Å². The molecule has 1 fully saturated rings. The van der Waals surface area contributed by atoms with E-state index in [0.29, 0.717) is 24.4 Å². The van der Waals surface area contributed by atoms with Gasteiger partial charge in [0.05, 0.1) is 12.1 Å². The molecule has 3 aromatic rings. The largest absolute Gasteiger partial charge is 0.472 e. The number of rotatable bonds is 5. The van der Waals surface area contributed by atoms with Gasteiger partial charge in [0.2, 0.25) is 15.9 Å². The average molecular weight is 414 g/mol. The predicted octanol–water partition coefficient (Wildman–Crippen LogP) is 2.24. The van der Waals surface area contributed by atoms with Gasteiger partial charge in [-0.25, -0.2) is 8.42 Å². The van der Waals surface area contributed by atoms with Crippen molar-refractivity contribution in [2.45, 2.75) is 24.3 Å². The van der Waals surface area contributed by atoms with Gasteiger partial charge in [-0.1, -0.05) is 18.2 Å². The molecular formula is C20H23N5O3S. The van der Waals surface area contributed by atoms with Crippen LogP contribution in [0.4, 0.5) is 5.82 Å². The summed E-state index contributed by atoms with van der Waals surface area (Å²) in [6, 6.07) is 12.6. The minimum Gasteiger partial charge on any atom is -0.472 e. The first kappa shape index (κ1) is 19.5. The zero-order valence-electron chi connectivity index (χ0n) is 16.6. The van der Waals surface area contributed by atoms with Crippen molar-refractivity contribution >= 4 is 26.7 Å². The topological polar surface area (TPSA) is 88.5 Å².